The third-order valence-corrected chi connectivity index (χ3v) is 12.9. The second kappa shape index (κ2) is 21.0. The van der Waals surface area contributed by atoms with Crippen LogP contribution in [0, 0.1) is 21.4 Å². The second-order valence-corrected chi connectivity index (χ2v) is 16.7. The van der Waals surface area contributed by atoms with Gasteiger partial charge >= 0.3 is 23.9 Å². The lowest BCUT2D eigenvalue weighted by molar-refractivity contribution is -0.146. The van der Waals surface area contributed by atoms with Crippen LogP contribution < -0.4 is 27.4 Å². The van der Waals surface area contributed by atoms with Crippen LogP contribution in [0.3, 0.4) is 0 Å². The van der Waals surface area contributed by atoms with Gasteiger partial charge in [-0.15, -0.1) is 0 Å². The first-order valence-electron chi connectivity index (χ1n) is 14.1. The van der Waals surface area contributed by atoms with Crippen LogP contribution in [0.5, 0.6) is 0 Å². The minimum atomic E-state index is -0.917. The number of nitrogens with two attached hydrogens (primary N) is 2. The van der Waals surface area contributed by atoms with Crippen molar-refractivity contribution in [3.63, 3.8) is 0 Å². The van der Waals surface area contributed by atoms with Crippen LogP contribution in [0.25, 0.3) is 0 Å². The highest BCUT2D eigenvalue weighted by atomic mass is 127. The van der Waals surface area contributed by atoms with Gasteiger partial charge in [0.1, 0.15) is 26.4 Å². The first-order chi connectivity index (χ1) is 23.7. The summed E-state index contributed by atoms with van der Waals surface area (Å²) in [5.74, 6) is -4.42. The summed E-state index contributed by atoms with van der Waals surface area (Å²) in [4.78, 5) is 87.0. The molecule has 0 heterocycles. The van der Waals surface area contributed by atoms with Gasteiger partial charge in [-0.25, -0.2) is 0 Å². The van der Waals surface area contributed by atoms with Crippen LogP contribution in [-0.4, -0.2) is 80.1 Å². The van der Waals surface area contributed by atoms with Gasteiger partial charge < -0.3 is 46.4 Å². The van der Waals surface area contributed by atoms with Gasteiger partial charge in [-0.3, -0.25) is 33.6 Å². The summed E-state index contributed by atoms with van der Waals surface area (Å²) in [6.45, 7) is 3.63. The van der Waals surface area contributed by atoms with E-state index in [2.05, 4.69) is 16.0 Å². The molecule has 2 aromatic rings. The molecule has 0 aliphatic heterocycles. The van der Waals surface area contributed by atoms with Crippen molar-refractivity contribution in [3.05, 3.63) is 38.1 Å². The number of benzene rings is 2. The lowest BCUT2D eigenvalue weighted by Gasteiger charge is -2.22. The number of nitrogens with one attached hydrogen (secondary N) is 3. The van der Waals surface area contributed by atoms with Crippen molar-refractivity contribution < 1.29 is 52.5 Å². The molecular weight excluding hydrogens is 1360 g/mol. The van der Waals surface area contributed by atoms with E-state index in [0.29, 0.717) is 17.9 Å². The molecule has 3 amide bonds. The lowest BCUT2D eigenvalue weighted by Crippen LogP contribution is -2.43. The first-order valence-corrected chi connectivity index (χ1v) is 20.5. The Hall–Kier alpha value is -1.29. The van der Waals surface area contributed by atoms with Crippen LogP contribution in [0.4, 0.5) is 17.1 Å². The molecule has 0 spiro atoms. The molecule has 51 heavy (non-hydrogen) atoms. The predicted octanol–water partition coefficient (Wildman–Crippen LogP) is 4.18. The van der Waals surface area contributed by atoms with E-state index in [1.165, 1.54) is 27.7 Å². The number of carbonyl (C=O) groups excluding carboxylic acids is 7. The second-order valence-electron chi connectivity index (χ2n) is 10.2. The van der Waals surface area contributed by atoms with Crippen LogP contribution in [-0.2, 0) is 38.1 Å². The lowest BCUT2D eigenvalue weighted by atomic mass is 10.1. The summed E-state index contributed by atoms with van der Waals surface area (Å²) >= 11 is 11.4. The van der Waals surface area contributed by atoms with E-state index >= 15 is 0 Å². The number of amides is 3. The molecule has 22 heteroatoms. The molecule has 0 bridgehead atoms. The first kappa shape index (κ1) is 45.9. The highest BCUT2D eigenvalue weighted by Crippen LogP contribution is 2.39. The molecule has 2 aromatic carbocycles. The zero-order valence-electron chi connectivity index (χ0n) is 26.9. The van der Waals surface area contributed by atoms with Crippen LogP contribution in [0.15, 0.2) is 0 Å². The van der Waals surface area contributed by atoms with Crippen molar-refractivity contribution >= 4 is 194 Å². The van der Waals surface area contributed by atoms with Gasteiger partial charge in [0.25, 0.3) is 17.7 Å². The van der Waals surface area contributed by atoms with Gasteiger partial charge in [0.05, 0.1) is 63.7 Å². The number of nitrogen functional groups attached to an aromatic ring is 2. The van der Waals surface area contributed by atoms with Gasteiger partial charge in [-0.1, -0.05) is 0 Å². The highest BCUT2D eigenvalue weighted by Gasteiger charge is 2.31. The minimum Gasteiger partial charge on any atom is -0.464 e. The van der Waals surface area contributed by atoms with E-state index in [4.69, 9.17) is 30.4 Å². The van der Waals surface area contributed by atoms with Gasteiger partial charge in [-0.05, 0) is 136 Å². The molecule has 0 radical (unpaired) electrons. The minimum absolute atomic E-state index is 0.0492. The van der Waals surface area contributed by atoms with E-state index in [1.807, 2.05) is 136 Å². The molecule has 0 saturated heterocycles. The van der Waals surface area contributed by atoms with Crippen molar-refractivity contribution in [1.29, 1.82) is 0 Å². The Morgan fingerprint density at radius 1 is 0.490 bits per heavy atom. The van der Waals surface area contributed by atoms with Crippen molar-refractivity contribution in [2.45, 2.75) is 39.8 Å². The molecule has 0 aromatic heterocycles. The Kier molecular flexibility index (Phi) is 18.9. The zero-order valence-corrected chi connectivity index (χ0v) is 39.8. The molecule has 0 unspecified atom stereocenters. The number of rotatable bonds is 14. The Balaban J connectivity index is 2.57. The van der Waals surface area contributed by atoms with Crippen molar-refractivity contribution in [2.75, 3.05) is 43.2 Å². The van der Waals surface area contributed by atoms with Gasteiger partial charge in [0, 0.05) is 31.3 Å². The largest absolute Gasteiger partial charge is 0.464 e. The van der Waals surface area contributed by atoms with Crippen molar-refractivity contribution in [1.82, 2.24) is 10.6 Å². The third-order valence-electron chi connectivity index (χ3n) is 6.24. The summed E-state index contributed by atoms with van der Waals surface area (Å²) in [7, 11) is 0. The number of halogens is 6. The summed E-state index contributed by atoms with van der Waals surface area (Å²) in [6, 6.07) is -1.82. The SMILES string of the molecule is CC(=O)OCC(COC(C)=O)NC(=O)c1c(I)c(N)c(I)c(NC(=O)c2c(I)c(N)c(I)c(C(=O)NC(COC(C)=O)COC(C)=O)c2I)c1I. The molecular formula is C29H29I6N5O11. The molecule has 16 nitrogen and oxygen atoms in total. The molecule has 2 rings (SSSR count). The predicted molar refractivity (Wildman–Crippen MR) is 235 cm³/mol. The maximum atomic E-state index is 14.1. The third kappa shape index (κ3) is 12.9. The molecule has 0 atom stereocenters. The molecule has 0 aliphatic rings. The number of esters is 4. The Bertz CT molecular complexity index is 1740. The van der Waals surface area contributed by atoms with Crippen LogP contribution in [0.2, 0.25) is 0 Å². The van der Waals surface area contributed by atoms with Crippen LogP contribution in [0.1, 0.15) is 58.8 Å². The monoisotopic (exact) mass is 1380 g/mol. The van der Waals surface area contributed by atoms with E-state index in [9.17, 15) is 33.6 Å². The van der Waals surface area contributed by atoms with Crippen molar-refractivity contribution in [3.8, 4) is 0 Å². The van der Waals surface area contributed by atoms with E-state index < -0.39 is 53.7 Å². The maximum Gasteiger partial charge on any atom is 0.302 e. The fourth-order valence-corrected chi connectivity index (χ4v) is 12.0. The van der Waals surface area contributed by atoms with Gasteiger partial charge in [0.15, 0.2) is 0 Å². The molecule has 0 aliphatic carbocycles. The molecule has 0 saturated carbocycles. The standard InChI is InChI=1S/C29H29I6N5O11/c1-9(41)48-5-13(6-49-10(2)42)38-27(45)15-18(30)16(20(32)24(36)19(15)31)29(47)40-26-22(34)17(21(33)25(37)23(26)35)28(46)39-14(7-50-11(3)43)8-51-12(4)44/h13-14H,5-8,36-37H2,1-4H3,(H,38,45)(H,39,46)(H,40,47). The summed E-state index contributed by atoms with van der Waals surface area (Å²) in [5, 5.41) is 8.18. The number of carbonyl (C=O) groups is 7. The topological polar surface area (TPSA) is 245 Å². The number of hydrogen-bond acceptors (Lipinski definition) is 13. The Morgan fingerprint density at radius 2 is 0.784 bits per heavy atom. The average molecular weight is 1380 g/mol. The van der Waals surface area contributed by atoms with E-state index in [0.717, 1.165) is 0 Å². The van der Waals surface area contributed by atoms with Gasteiger partial charge in [-0.2, -0.15) is 0 Å². The highest BCUT2D eigenvalue weighted by molar-refractivity contribution is 14.1. The Labute approximate surface area is 373 Å². The normalized spacial score (nSPS) is 10.7. The average Bonchev–Trinajstić information content (AvgIpc) is 3.03. The number of anilines is 3. The summed E-state index contributed by atoms with van der Waals surface area (Å²) in [6.07, 6.45) is 0. The van der Waals surface area contributed by atoms with E-state index in [-0.39, 0.29) is 63.8 Å². The summed E-state index contributed by atoms with van der Waals surface area (Å²) < 4.78 is 22.1. The number of ether oxygens (including phenoxy) is 4. The van der Waals surface area contributed by atoms with Crippen molar-refractivity contribution in [2.24, 2.45) is 0 Å². The van der Waals surface area contributed by atoms with Crippen LogP contribution >= 0.6 is 136 Å². The molecule has 0 fully saturated rings. The number of hydrogen-bond donors (Lipinski definition) is 5. The summed E-state index contributed by atoms with van der Waals surface area (Å²) in [5.41, 5.74) is 13.5. The molecule has 278 valence electrons. The van der Waals surface area contributed by atoms with Gasteiger partial charge in [0.2, 0.25) is 0 Å². The van der Waals surface area contributed by atoms with E-state index in [1.54, 1.807) is 0 Å². The quantitative estimate of drug-likeness (QED) is 0.0773. The fourth-order valence-electron chi connectivity index (χ4n) is 3.90. The fraction of sp³-hybridized carbons (Fsp3) is 0.345. The zero-order chi connectivity index (χ0) is 38.9. The Morgan fingerprint density at radius 3 is 1.12 bits per heavy atom. The molecule has 7 N–H and O–H groups in total. The smallest absolute Gasteiger partial charge is 0.302 e. The maximum absolute atomic E-state index is 14.1.